The molecule has 4 rings (SSSR count). The van der Waals surface area contributed by atoms with Crippen molar-refractivity contribution in [1.29, 1.82) is 0 Å². The number of hydrogen-bond donors (Lipinski definition) is 2. The number of rotatable bonds is 11. The van der Waals surface area contributed by atoms with E-state index in [4.69, 9.17) is 9.47 Å². The number of alkyl carbamates (subject to hydrolysis) is 1. The summed E-state index contributed by atoms with van der Waals surface area (Å²) in [7, 11) is 1.56. The second-order valence-electron chi connectivity index (χ2n) is 8.76. The summed E-state index contributed by atoms with van der Waals surface area (Å²) in [5.74, 6) is -0.579. The van der Waals surface area contributed by atoms with Crippen molar-refractivity contribution in [3.05, 3.63) is 89.5 Å². The summed E-state index contributed by atoms with van der Waals surface area (Å²) in [6, 6.07) is 21.8. The van der Waals surface area contributed by atoms with Crippen LogP contribution in [0, 0.1) is 0 Å². The first-order valence-corrected chi connectivity index (χ1v) is 12.0. The van der Waals surface area contributed by atoms with Crippen LogP contribution < -0.4 is 10.1 Å². The quantitative estimate of drug-likeness (QED) is 0.276. The number of benzene rings is 3. The zero-order chi connectivity index (χ0) is 25.5. The normalized spacial score (nSPS) is 12.8. The van der Waals surface area contributed by atoms with Gasteiger partial charge in [-0.25, -0.2) is 9.59 Å². The monoisotopic (exact) mass is 487 g/mol. The lowest BCUT2D eigenvalue weighted by molar-refractivity contribution is -0.139. The lowest BCUT2D eigenvalue weighted by atomic mass is 9.98. The summed E-state index contributed by atoms with van der Waals surface area (Å²) < 4.78 is 10.6. The first kappa shape index (κ1) is 25.0. The van der Waals surface area contributed by atoms with Crippen LogP contribution in [0.1, 0.15) is 53.1 Å². The number of methoxy groups -OCH3 is 1. The minimum absolute atomic E-state index is 0.0194. The molecule has 7 nitrogen and oxygen atoms in total. The van der Waals surface area contributed by atoms with Crippen LogP contribution in [0.5, 0.6) is 5.75 Å². The summed E-state index contributed by atoms with van der Waals surface area (Å²) in [6.07, 6.45) is 0.723. The number of ketones is 1. The van der Waals surface area contributed by atoms with E-state index in [2.05, 4.69) is 5.32 Å². The number of aliphatic carboxylic acids is 1. The van der Waals surface area contributed by atoms with Crippen molar-refractivity contribution >= 4 is 17.8 Å². The minimum Gasteiger partial charge on any atom is -0.497 e. The highest BCUT2D eigenvalue weighted by atomic mass is 16.5. The zero-order valence-corrected chi connectivity index (χ0v) is 20.1. The SMILES string of the molecule is COc1ccc(C(=O)CCCC[C@@H](NC(=O)OCC2c3ccccc3-c3ccccc32)C(=O)O)cc1. The molecule has 7 heteroatoms. The van der Waals surface area contributed by atoms with Crippen LogP contribution >= 0.6 is 0 Å². The Morgan fingerprint density at radius 1 is 0.889 bits per heavy atom. The summed E-state index contributed by atoms with van der Waals surface area (Å²) in [5, 5.41) is 12.0. The topological polar surface area (TPSA) is 102 Å². The lowest BCUT2D eigenvalue weighted by Gasteiger charge is -2.17. The van der Waals surface area contributed by atoms with Crippen LogP contribution in [-0.4, -0.2) is 42.7 Å². The van der Waals surface area contributed by atoms with Crippen LogP contribution in [0.2, 0.25) is 0 Å². The van der Waals surface area contributed by atoms with Gasteiger partial charge in [-0.2, -0.15) is 0 Å². The third kappa shape index (κ3) is 5.74. The maximum atomic E-state index is 12.5. The number of carboxylic acid groups (broad SMARTS) is 1. The molecule has 1 aliphatic rings. The van der Waals surface area contributed by atoms with Gasteiger partial charge in [-0.05, 0) is 59.4 Å². The van der Waals surface area contributed by atoms with E-state index in [0.717, 1.165) is 22.3 Å². The standard InChI is InChI=1S/C29H29NO6/c1-35-20-16-14-19(15-17-20)27(31)13-7-6-12-26(28(32)33)30-29(34)36-18-25-23-10-4-2-8-21(23)22-9-3-5-11-24(22)25/h2-5,8-11,14-17,25-26H,6-7,12-13,18H2,1H3,(H,30,34)(H,32,33)/t26-/m1/s1. The van der Waals surface area contributed by atoms with E-state index in [9.17, 15) is 19.5 Å². The Morgan fingerprint density at radius 3 is 2.08 bits per heavy atom. The van der Waals surface area contributed by atoms with Crippen molar-refractivity contribution in [2.45, 2.75) is 37.6 Å². The average Bonchev–Trinajstić information content (AvgIpc) is 3.22. The summed E-state index contributed by atoms with van der Waals surface area (Å²) in [4.78, 5) is 36.5. The molecule has 3 aromatic carbocycles. The molecule has 0 saturated carbocycles. The van der Waals surface area contributed by atoms with Crippen molar-refractivity contribution in [3.63, 3.8) is 0 Å². The number of hydrogen-bond acceptors (Lipinski definition) is 5. The molecule has 1 aliphatic carbocycles. The van der Waals surface area contributed by atoms with Crippen LogP contribution in [0.3, 0.4) is 0 Å². The number of carbonyl (C=O) groups excluding carboxylic acids is 2. The molecule has 0 heterocycles. The van der Waals surface area contributed by atoms with E-state index in [0.29, 0.717) is 30.6 Å². The van der Waals surface area contributed by atoms with Gasteiger partial charge in [0, 0.05) is 17.9 Å². The molecule has 2 N–H and O–H groups in total. The molecule has 0 aromatic heterocycles. The summed E-state index contributed by atoms with van der Waals surface area (Å²) in [6.45, 7) is 0.114. The smallest absolute Gasteiger partial charge is 0.407 e. The Kier molecular flexibility index (Phi) is 8.00. The fraction of sp³-hybridized carbons (Fsp3) is 0.276. The van der Waals surface area contributed by atoms with Crippen molar-refractivity contribution in [2.75, 3.05) is 13.7 Å². The number of nitrogens with one attached hydrogen (secondary N) is 1. The second-order valence-corrected chi connectivity index (χ2v) is 8.76. The van der Waals surface area contributed by atoms with Crippen molar-refractivity contribution in [3.8, 4) is 16.9 Å². The van der Waals surface area contributed by atoms with Crippen molar-refractivity contribution in [1.82, 2.24) is 5.32 Å². The van der Waals surface area contributed by atoms with Gasteiger partial charge in [-0.1, -0.05) is 55.0 Å². The van der Waals surface area contributed by atoms with Gasteiger partial charge in [0.15, 0.2) is 5.78 Å². The fourth-order valence-electron chi connectivity index (χ4n) is 4.59. The molecule has 186 valence electrons. The van der Waals surface area contributed by atoms with E-state index in [-0.39, 0.29) is 24.7 Å². The maximum absolute atomic E-state index is 12.5. The number of fused-ring (bicyclic) bond motifs is 3. The second kappa shape index (κ2) is 11.5. The predicted octanol–water partition coefficient (Wildman–Crippen LogP) is 5.43. The molecule has 0 fully saturated rings. The van der Waals surface area contributed by atoms with Crippen LogP contribution in [-0.2, 0) is 9.53 Å². The molecule has 36 heavy (non-hydrogen) atoms. The van der Waals surface area contributed by atoms with Gasteiger partial charge in [-0.15, -0.1) is 0 Å². The van der Waals surface area contributed by atoms with Gasteiger partial charge in [-0.3, -0.25) is 4.79 Å². The largest absolute Gasteiger partial charge is 0.497 e. The third-order valence-corrected chi connectivity index (χ3v) is 6.49. The Balaban J connectivity index is 1.26. The first-order chi connectivity index (χ1) is 17.5. The molecule has 0 radical (unpaired) electrons. The Labute approximate surface area is 210 Å². The third-order valence-electron chi connectivity index (χ3n) is 6.49. The molecule has 0 saturated heterocycles. The summed E-state index contributed by atoms with van der Waals surface area (Å²) in [5.41, 5.74) is 5.00. The van der Waals surface area contributed by atoms with Crippen LogP contribution in [0.15, 0.2) is 72.8 Å². The van der Waals surface area contributed by atoms with Crippen LogP contribution in [0.25, 0.3) is 11.1 Å². The summed E-state index contributed by atoms with van der Waals surface area (Å²) >= 11 is 0. The van der Waals surface area contributed by atoms with E-state index < -0.39 is 18.1 Å². The molecule has 3 aromatic rings. The number of carbonyl (C=O) groups is 3. The molecule has 0 aliphatic heterocycles. The van der Waals surface area contributed by atoms with Crippen molar-refractivity contribution < 1.29 is 29.0 Å². The highest BCUT2D eigenvalue weighted by Gasteiger charge is 2.29. The fourth-order valence-corrected chi connectivity index (χ4v) is 4.59. The van der Waals surface area contributed by atoms with Crippen molar-refractivity contribution in [2.24, 2.45) is 0 Å². The molecule has 1 atom stereocenters. The molecule has 1 amide bonds. The zero-order valence-electron chi connectivity index (χ0n) is 20.1. The maximum Gasteiger partial charge on any atom is 0.407 e. The number of Topliss-reactive ketones (excluding diaryl/α,β-unsaturated/α-hetero) is 1. The van der Waals surface area contributed by atoms with Gasteiger partial charge in [0.05, 0.1) is 7.11 Å². The molecule has 0 bridgehead atoms. The van der Waals surface area contributed by atoms with E-state index >= 15 is 0 Å². The molecular formula is C29H29NO6. The van der Waals surface area contributed by atoms with E-state index in [1.54, 1.807) is 31.4 Å². The van der Waals surface area contributed by atoms with Gasteiger partial charge < -0.3 is 19.9 Å². The number of carboxylic acids is 1. The van der Waals surface area contributed by atoms with Gasteiger partial charge >= 0.3 is 12.1 Å². The van der Waals surface area contributed by atoms with Gasteiger partial charge in [0.25, 0.3) is 0 Å². The highest BCUT2D eigenvalue weighted by Crippen LogP contribution is 2.44. The first-order valence-electron chi connectivity index (χ1n) is 12.0. The van der Waals surface area contributed by atoms with Gasteiger partial charge in [0.2, 0.25) is 0 Å². The lowest BCUT2D eigenvalue weighted by Crippen LogP contribution is -2.41. The van der Waals surface area contributed by atoms with Crippen LogP contribution in [0.4, 0.5) is 4.79 Å². The minimum atomic E-state index is -1.13. The molecule has 0 spiro atoms. The number of unbranched alkanes of at least 4 members (excludes halogenated alkanes) is 1. The van der Waals surface area contributed by atoms with E-state index in [1.807, 2.05) is 48.5 Å². The van der Waals surface area contributed by atoms with E-state index in [1.165, 1.54) is 0 Å². The Bertz CT molecular complexity index is 1190. The molecule has 0 unspecified atom stereocenters. The predicted molar refractivity (Wildman–Crippen MR) is 135 cm³/mol. The van der Waals surface area contributed by atoms with Gasteiger partial charge in [0.1, 0.15) is 18.4 Å². The Hall–Kier alpha value is -4.13. The number of amides is 1. The number of ether oxygens (including phenoxy) is 2. The average molecular weight is 488 g/mol. The Morgan fingerprint density at radius 2 is 1.50 bits per heavy atom. The molecular weight excluding hydrogens is 458 g/mol. The highest BCUT2D eigenvalue weighted by molar-refractivity contribution is 5.96.